The van der Waals surface area contributed by atoms with Crippen LogP contribution in [0.2, 0.25) is 0 Å². The van der Waals surface area contributed by atoms with Gasteiger partial charge in [-0.1, -0.05) is 44.2 Å². The Kier molecular flexibility index (Phi) is 6.39. The second-order valence-corrected chi connectivity index (χ2v) is 6.27. The lowest BCUT2D eigenvalue weighted by molar-refractivity contribution is -0.139. The molecule has 2 aromatic carbocycles. The van der Waals surface area contributed by atoms with E-state index in [9.17, 15) is 9.59 Å². The number of carbonyl (C=O) groups excluding carboxylic acids is 1. The molecule has 0 atom stereocenters. The zero-order valence-electron chi connectivity index (χ0n) is 15.4. The number of amides is 1. The maximum atomic E-state index is 13.1. The van der Waals surface area contributed by atoms with Gasteiger partial charge in [0.05, 0.1) is 5.41 Å². The standard InChI is InChI=1S/C21H25NO4/c1-4-21(5-2,16-9-7-6-8-10-16)20(25)22-18-12-11-17(13-15(18)3)26-14-19(23)24/h6-13H,4-5,14H2,1-3H3,(H,22,25)(H,23,24). The van der Waals surface area contributed by atoms with Crippen molar-refractivity contribution in [3.8, 4) is 5.75 Å². The maximum absolute atomic E-state index is 13.1. The summed E-state index contributed by atoms with van der Waals surface area (Å²) in [7, 11) is 0. The number of aliphatic carboxylic acids is 1. The van der Waals surface area contributed by atoms with E-state index in [-0.39, 0.29) is 5.91 Å². The number of carboxylic acids is 1. The maximum Gasteiger partial charge on any atom is 0.341 e. The van der Waals surface area contributed by atoms with Crippen LogP contribution in [0.5, 0.6) is 5.75 Å². The molecule has 0 unspecified atom stereocenters. The molecule has 138 valence electrons. The molecule has 5 heteroatoms. The molecule has 0 aliphatic carbocycles. The van der Waals surface area contributed by atoms with Gasteiger partial charge in [-0.05, 0) is 49.1 Å². The van der Waals surface area contributed by atoms with Gasteiger partial charge in [0, 0.05) is 5.69 Å². The minimum absolute atomic E-state index is 0.0454. The third-order valence-corrected chi connectivity index (χ3v) is 4.78. The number of rotatable bonds is 8. The van der Waals surface area contributed by atoms with Gasteiger partial charge in [-0.25, -0.2) is 4.79 Å². The Morgan fingerprint density at radius 3 is 2.27 bits per heavy atom. The molecule has 0 aliphatic rings. The normalized spacial score (nSPS) is 11.0. The molecule has 0 fully saturated rings. The summed E-state index contributed by atoms with van der Waals surface area (Å²) in [6.45, 7) is 5.50. The van der Waals surface area contributed by atoms with Crippen molar-refractivity contribution in [1.29, 1.82) is 0 Å². The molecule has 2 N–H and O–H groups in total. The quantitative estimate of drug-likeness (QED) is 0.746. The van der Waals surface area contributed by atoms with Crippen LogP contribution in [0.3, 0.4) is 0 Å². The highest BCUT2D eigenvalue weighted by atomic mass is 16.5. The number of benzene rings is 2. The van der Waals surface area contributed by atoms with Crippen LogP contribution in [-0.4, -0.2) is 23.6 Å². The highest BCUT2D eigenvalue weighted by Crippen LogP contribution is 2.34. The van der Waals surface area contributed by atoms with Crippen molar-refractivity contribution in [3.05, 3.63) is 59.7 Å². The molecule has 0 heterocycles. The van der Waals surface area contributed by atoms with E-state index in [0.717, 1.165) is 11.1 Å². The molecule has 0 aliphatic heterocycles. The molecule has 0 saturated carbocycles. The Morgan fingerprint density at radius 2 is 1.73 bits per heavy atom. The first kappa shape index (κ1) is 19.5. The van der Waals surface area contributed by atoms with Crippen molar-refractivity contribution in [3.63, 3.8) is 0 Å². The lowest BCUT2D eigenvalue weighted by Crippen LogP contribution is -2.39. The van der Waals surface area contributed by atoms with E-state index in [1.54, 1.807) is 18.2 Å². The monoisotopic (exact) mass is 355 g/mol. The van der Waals surface area contributed by atoms with Crippen LogP contribution in [-0.2, 0) is 15.0 Å². The number of ether oxygens (including phenoxy) is 1. The molecule has 2 rings (SSSR count). The van der Waals surface area contributed by atoms with Gasteiger partial charge in [-0.15, -0.1) is 0 Å². The van der Waals surface area contributed by atoms with Crippen LogP contribution in [0.25, 0.3) is 0 Å². The van der Waals surface area contributed by atoms with E-state index < -0.39 is 18.0 Å². The number of anilines is 1. The fourth-order valence-corrected chi connectivity index (χ4v) is 3.12. The van der Waals surface area contributed by atoms with Gasteiger partial charge in [0.2, 0.25) is 5.91 Å². The van der Waals surface area contributed by atoms with Crippen LogP contribution in [0, 0.1) is 6.92 Å². The van der Waals surface area contributed by atoms with E-state index in [1.165, 1.54) is 0 Å². The topological polar surface area (TPSA) is 75.6 Å². The number of hydrogen-bond donors (Lipinski definition) is 2. The lowest BCUT2D eigenvalue weighted by atomic mass is 9.75. The van der Waals surface area contributed by atoms with Crippen molar-refractivity contribution in [2.24, 2.45) is 0 Å². The molecule has 5 nitrogen and oxygen atoms in total. The van der Waals surface area contributed by atoms with Crippen molar-refractivity contribution in [1.82, 2.24) is 0 Å². The molecule has 0 spiro atoms. The van der Waals surface area contributed by atoms with Gasteiger partial charge < -0.3 is 15.2 Å². The molecule has 1 amide bonds. The molecule has 2 aromatic rings. The SMILES string of the molecule is CCC(CC)(C(=O)Nc1ccc(OCC(=O)O)cc1C)c1ccccc1. The first-order chi connectivity index (χ1) is 12.4. The van der Waals surface area contributed by atoms with E-state index >= 15 is 0 Å². The third kappa shape index (κ3) is 4.23. The van der Waals surface area contributed by atoms with Crippen LogP contribution in [0.15, 0.2) is 48.5 Å². The smallest absolute Gasteiger partial charge is 0.341 e. The Bertz CT molecular complexity index is 767. The number of hydrogen-bond acceptors (Lipinski definition) is 3. The van der Waals surface area contributed by atoms with E-state index in [0.29, 0.717) is 24.3 Å². The molecule has 0 aromatic heterocycles. The fourth-order valence-electron chi connectivity index (χ4n) is 3.12. The number of carbonyl (C=O) groups is 2. The minimum Gasteiger partial charge on any atom is -0.482 e. The molecule has 0 radical (unpaired) electrons. The first-order valence-corrected chi connectivity index (χ1v) is 8.75. The molecule has 0 bridgehead atoms. The Labute approximate surface area is 154 Å². The predicted molar refractivity (Wildman–Crippen MR) is 102 cm³/mol. The van der Waals surface area contributed by atoms with Crippen molar-refractivity contribution < 1.29 is 19.4 Å². The summed E-state index contributed by atoms with van der Waals surface area (Å²) in [6, 6.07) is 14.9. The van der Waals surface area contributed by atoms with Crippen molar-refractivity contribution in [2.75, 3.05) is 11.9 Å². The summed E-state index contributed by atoms with van der Waals surface area (Å²) < 4.78 is 5.17. The second kappa shape index (κ2) is 8.52. The van der Waals surface area contributed by atoms with Gasteiger partial charge in [0.1, 0.15) is 5.75 Å². The van der Waals surface area contributed by atoms with Crippen molar-refractivity contribution in [2.45, 2.75) is 39.0 Å². The van der Waals surface area contributed by atoms with Crippen LogP contribution >= 0.6 is 0 Å². The van der Waals surface area contributed by atoms with E-state index in [2.05, 4.69) is 5.32 Å². The Hall–Kier alpha value is -2.82. The average molecular weight is 355 g/mol. The van der Waals surface area contributed by atoms with Crippen LogP contribution < -0.4 is 10.1 Å². The van der Waals surface area contributed by atoms with Crippen LogP contribution in [0.4, 0.5) is 5.69 Å². The zero-order valence-corrected chi connectivity index (χ0v) is 15.4. The van der Waals surface area contributed by atoms with Crippen molar-refractivity contribution >= 4 is 17.6 Å². The second-order valence-electron chi connectivity index (χ2n) is 6.27. The van der Waals surface area contributed by atoms with Crippen LogP contribution in [0.1, 0.15) is 37.8 Å². The molecule has 26 heavy (non-hydrogen) atoms. The fraction of sp³-hybridized carbons (Fsp3) is 0.333. The Balaban J connectivity index is 2.23. The lowest BCUT2D eigenvalue weighted by Gasteiger charge is -2.31. The first-order valence-electron chi connectivity index (χ1n) is 8.75. The Morgan fingerprint density at radius 1 is 1.08 bits per heavy atom. The van der Waals surface area contributed by atoms with Gasteiger partial charge in [0.25, 0.3) is 0 Å². The van der Waals surface area contributed by atoms with Gasteiger partial charge in [0.15, 0.2) is 6.61 Å². The van der Waals surface area contributed by atoms with E-state index in [1.807, 2.05) is 51.1 Å². The summed E-state index contributed by atoms with van der Waals surface area (Å²) in [5, 5.41) is 11.7. The largest absolute Gasteiger partial charge is 0.482 e. The van der Waals surface area contributed by atoms with Gasteiger partial charge in [-0.3, -0.25) is 4.79 Å². The molecule has 0 saturated heterocycles. The number of nitrogens with one attached hydrogen (secondary N) is 1. The summed E-state index contributed by atoms with van der Waals surface area (Å²) >= 11 is 0. The summed E-state index contributed by atoms with van der Waals surface area (Å²) in [5.41, 5.74) is 1.92. The molecular formula is C21H25NO4. The average Bonchev–Trinajstić information content (AvgIpc) is 2.64. The predicted octanol–water partition coefficient (Wildman–Crippen LogP) is 4.15. The summed E-state index contributed by atoms with van der Waals surface area (Å²) in [5.74, 6) is -0.613. The minimum atomic E-state index is -1.03. The molecular weight excluding hydrogens is 330 g/mol. The third-order valence-electron chi connectivity index (χ3n) is 4.78. The zero-order chi connectivity index (χ0) is 19.2. The van der Waals surface area contributed by atoms with Gasteiger partial charge >= 0.3 is 5.97 Å². The number of aryl methyl sites for hydroxylation is 1. The highest BCUT2D eigenvalue weighted by Gasteiger charge is 2.36. The number of carboxylic acid groups (broad SMARTS) is 1. The van der Waals surface area contributed by atoms with E-state index in [4.69, 9.17) is 9.84 Å². The summed E-state index contributed by atoms with van der Waals surface area (Å²) in [6.07, 6.45) is 1.39. The highest BCUT2D eigenvalue weighted by molar-refractivity contribution is 5.99. The summed E-state index contributed by atoms with van der Waals surface area (Å²) in [4.78, 5) is 23.7. The van der Waals surface area contributed by atoms with Gasteiger partial charge in [-0.2, -0.15) is 0 Å².